The predicted octanol–water partition coefficient (Wildman–Crippen LogP) is -1.37. The number of aliphatic hydroxyl groups is 2. The van der Waals surface area contributed by atoms with E-state index in [-0.39, 0.29) is 5.82 Å². The number of aromatic amines is 1. The number of hydrogen-bond acceptors (Lipinski definition) is 10. The van der Waals surface area contributed by atoms with Crippen LogP contribution in [0.4, 0.5) is 5.82 Å². The lowest BCUT2D eigenvalue weighted by atomic mass is 10.1. The average Bonchev–Trinajstić information content (AvgIpc) is 3.15. The number of rotatable bonds is 7. The van der Waals surface area contributed by atoms with Crippen molar-refractivity contribution in [2.24, 2.45) is 5.73 Å². The molecular formula is C14H20N6O5S. The Balaban J connectivity index is 1.64. The first-order valence-corrected chi connectivity index (χ1v) is 9.07. The summed E-state index contributed by atoms with van der Waals surface area (Å²) in [5.41, 5.74) is 12.4. The molecule has 8 N–H and O–H groups in total. The van der Waals surface area contributed by atoms with E-state index in [9.17, 15) is 15.0 Å². The molecule has 2 aromatic rings. The Morgan fingerprint density at radius 1 is 1.35 bits per heavy atom. The van der Waals surface area contributed by atoms with E-state index in [4.69, 9.17) is 21.3 Å². The van der Waals surface area contributed by atoms with Crippen molar-refractivity contribution in [2.45, 2.75) is 36.9 Å². The van der Waals surface area contributed by atoms with E-state index in [0.29, 0.717) is 34.7 Å². The number of nitrogens with zero attached hydrogens (tertiary/aromatic N) is 3. The molecule has 1 aliphatic rings. The quantitative estimate of drug-likeness (QED) is 0.308. The second-order valence-corrected chi connectivity index (χ2v) is 7.13. The lowest BCUT2D eigenvalue weighted by Crippen LogP contribution is -2.32. The highest BCUT2D eigenvalue weighted by molar-refractivity contribution is 7.99. The van der Waals surface area contributed by atoms with Gasteiger partial charge in [-0.1, -0.05) is 0 Å². The minimum Gasteiger partial charge on any atom is -0.480 e. The number of ether oxygens (including phenoxy) is 1. The summed E-state index contributed by atoms with van der Waals surface area (Å²) in [7, 11) is 0. The molecule has 3 rings (SSSR count). The lowest BCUT2D eigenvalue weighted by molar-refractivity contribution is -0.138. The van der Waals surface area contributed by atoms with E-state index in [0.717, 1.165) is 0 Å². The molecule has 1 fully saturated rings. The molecule has 12 heteroatoms. The highest BCUT2D eigenvalue weighted by Gasteiger charge is 2.44. The van der Waals surface area contributed by atoms with Crippen molar-refractivity contribution in [1.29, 1.82) is 0 Å². The van der Waals surface area contributed by atoms with Crippen LogP contribution in [-0.4, -0.2) is 77.3 Å². The number of hydrogen-bond donors (Lipinski definition) is 6. The number of H-pyrrole nitrogens is 1. The third-order valence-electron chi connectivity index (χ3n) is 4.21. The first-order chi connectivity index (χ1) is 12.4. The van der Waals surface area contributed by atoms with Crippen LogP contribution in [0.3, 0.4) is 0 Å². The van der Waals surface area contributed by atoms with Gasteiger partial charge in [0, 0.05) is 5.75 Å². The Hall–Kier alpha value is -1.99. The molecule has 0 aromatic carbocycles. The Morgan fingerprint density at radius 3 is 2.85 bits per heavy atom. The molecule has 0 spiro atoms. The zero-order valence-electron chi connectivity index (χ0n) is 13.6. The summed E-state index contributed by atoms with van der Waals surface area (Å²) in [6.45, 7) is 0. The number of aliphatic hydroxyl groups excluding tert-OH is 2. The van der Waals surface area contributed by atoms with Gasteiger partial charge in [-0.05, 0) is 12.2 Å². The molecule has 11 nitrogen and oxygen atoms in total. The highest BCUT2D eigenvalue weighted by Crippen LogP contribution is 2.36. The van der Waals surface area contributed by atoms with Gasteiger partial charge >= 0.3 is 5.97 Å². The summed E-state index contributed by atoms with van der Waals surface area (Å²) in [6.07, 6.45) is -2.14. The summed E-state index contributed by atoms with van der Waals surface area (Å²) in [4.78, 5) is 18.6. The molecule has 0 aliphatic carbocycles. The number of fused-ring (bicyclic) bond motifs is 1. The molecule has 1 aliphatic heterocycles. The Labute approximate surface area is 152 Å². The summed E-state index contributed by atoms with van der Waals surface area (Å²) < 4.78 is 5.79. The number of aliphatic carboxylic acids is 1. The number of nitrogens with one attached hydrogen (secondary N) is 1. The minimum atomic E-state index is -1.17. The fourth-order valence-corrected chi connectivity index (χ4v) is 3.82. The maximum absolute atomic E-state index is 10.7. The topological polar surface area (TPSA) is 193 Å². The van der Waals surface area contributed by atoms with E-state index in [1.807, 2.05) is 0 Å². The molecule has 0 unspecified atom stereocenters. The number of thioether (sulfide) groups is 1. The van der Waals surface area contributed by atoms with Crippen LogP contribution in [0.2, 0.25) is 0 Å². The van der Waals surface area contributed by atoms with Gasteiger partial charge < -0.3 is 31.5 Å². The van der Waals surface area contributed by atoms with Gasteiger partial charge in [-0.3, -0.25) is 9.89 Å². The zero-order valence-corrected chi connectivity index (χ0v) is 14.5. The van der Waals surface area contributed by atoms with Crippen molar-refractivity contribution < 1.29 is 24.9 Å². The standard InChI is InChI=1S/C14H20N6O5S/c15-5(14(23)24)1-2-26-3-6-10(21)11(22)12(25-6)8-7-9(20-19-8)13(16)18-4-17-7/h4-6,10-12,21-22H,1-3,15H2,(H,19,20)(H,23,24)(H2,16,17,18)/t5-,6+,10+,11-,12-/m0/s1. The van der Waals surface area contributed by atoms with Gasteiger partial charge in [-0.25, -0.2) is 9.97 Å². The average molecular weight is 384 g/mol. The molecule has 142 valence electrons. The molecule has 1 saturated heterocycles. The van der Waals surface area contributed by atoms with E-state index in [1.165, 1.54) is 18.1 Å². The van der Waals surface area contributed by atoms with E-state index in [1.54, 1.807) is 0 Å². The monoisotopic (exact) mass is 384 g/mol. The van der Waals surface area contributed by atoms with Crippen molar-refractivity contribution in [2.75, 3.05) is 17.2 Å². The number of anilines is 1. The summed E-state index contributed by atoms with van der Waals surface area (Å²) in [5, 5.41) is 36.1. The molecule has 2 aromatic heterocycles. The SMILES string of the molecule is Nc1ncnc2c([C@@H]3O[C@H](CSCC[C@H](N)C(=O)O)[C@@H](O)[C@@H]3O)[nH]nc12. The van der Waals surface area contributed by atoms with Crippen LogP contribution in [0.1, 0.15) is 18.2 Å². The Morgan fingerprint density at radius 2 is 2.12 bits per heavy atom. The third kappa shape index (κ3) is 3.59. The fourth-order valence-electron chi connectivity index (χ4n) is 2.73. The second kappa shape index (κ2) is 7.72. The van der Waals surface area contributed by atoms with Gasteiger partial charge in [0.2, 0.25) is 0 Å². The van der Waals surface area contributed by atoms with Crippen LogP contribution in [0.5, 0.6) is 0 Å². The van der Waals surface area contributed by atoms with Crippen molar-refractivity contribution in [1.82, 2.24) is 20.2 Å². The largest absolute Gasteiger partial charge is 0.480 e. The van der Waals surface area contributed by atoms with Crippen LogP contribution < -0.4 is 11.5 Å². The van der Waals surface area contributed by atoms with Crippen molar-refractivity contribution in [3.8, 4) is 0 Å². The minimum absolute atomic E-state index is 0.201. The lowest BCUT2D eigenvalue weighted by Gasteiger charge is -2.14. The van der Waals surface area contributed by atoms with Crippen LogP contribution in [0.15, 0.2) is 6.33 Å². The van der Waals surface area contributed by atoms with Gasteiger partial charge in [0.15, 0.2) is 11.3 Å². The summed E-state index contributed by atoms with van der Waals surface area (Å²) >= 11 is 1.40. The maximum Gasteiger partial charge on any atom is 0.320 e. The Bertz CT molecular complexity index is 788. The molecule has 0 amide bonds. The summed E-state index contributed by atoms with van der Waals surface area (Å²) in [6, 6.07) is -0.920. The van der Waals surface area contributed by atoms with Crippen LogP contribution in [-0.2, 0) is 9.53 Å². The van der Waals surface area contributed by atoms with Gasteiger partial charge in [-0.15, -0.1) is 0 Å². The summed E-state index contributed by atoms with van der Waals surface area (Å²) in [5.74, 6) is 0.0278. The third-order valence-corrected chi connectivity index (χ3v) is 5.30. The maximum atomic E-state index is 10.7. The number of nitrogen functional groups attached to an aromatic ring is 1. The fraction of sp³-hybridized carbons (Fsp3) is 0.571. The van der Waals surface area contributed by atoms with Gasteiger partial charge in [0.25, 0.3) is 0 Å². The van der Waals surface area contributed by atoms with Crippen molar-refractivity contribution >= 4 is 34.6 Å². The molecule has 3 heterocycles. The van der Waals surface area contributed by atoms with Gasteiger partial charge in [0.1, 0.15) is 36.2 Å². The number of carboxylic acid groups (broad SMARTS) is 1. The highest BCUT2D eigenvalue weighted by atomic mass is 32.2. The molecular weight excluding hydrogens is 364 g/mol. The molecule has 0 saturated carbocycles. The van der Waals surface area contributed by atoms with E-state index < -0.39 is 36.4 Å². The molecule has 0 radical (unpaired) electrons. The van der Waals surface area contributed by atoms with Gasteiger partial charge in [0.05, 0.1) is 11.8 Å². The normalized spacial score (nSPS) is 27.0. The molecule has 26 heavy (non-hydrogen) atoms. The van der Waals surface area contributed by atoms with Gasteiger partial charge in [-0.2, -0.15) is 16.9 Å². The van der Waals surface area contributed by atoms with Crippen molar-refractivity contribution in [3.63, 3.8) is 0 Å². The predicted molar refractivity (Wildman–Crippen MR) is 93.3 cm³/mol. The first-order valence-electron chi connectivity index (χ1n) is 7.92. The van der Waals surface area contributed by atoms with E-state index in [2.05, 4.69) is 20.2 Å². The number of carbonyl (C=O) groups is 1. The van der Waals surface area contributed by atoms with Crippen molar-refractivity contribution in [3.05, 3.63) is 12.0 Å². The number of carboxylic acids is 1. The van der Waals surface area contributed by atoms with E-state index >= 15 is 0 Å². The van der Waals surface area contributed by atoms with Crippen LogP contribution in [0.25, 0.3) is 11.0 Å². The second-order valence-electron chi connectivity index (χ2n) is 5.98. The number of aromatic nitrogens is 4. The zero-order chi connectivity index (χ0) is 18.8. The van der Waals surface area contributed by atoms with Crippen LogP contribution in [0, 0.1) is 0 Å². The molecule has 0 bridgehead atoms. The first kappa shape index (κ1) is 18.8. The smallest absolute Gasteiger partial charge is 0.320 e. The number of nitrogens with two attached hydrogens (primary N) is 2. The molecule has 5 atom stereocenters. The van der Waals surface area contributed by atoms with Crippen LogP contribution >= 0.6 is 11.8 Å². The Kier molecular flexibility index (Phi) is 5.58.